The maximum atomic E-state index is 10.9. The van der Waals surface area contributed by atoms with Crippen LogP contribution in [0.5, 0.6) is 0 Å². The standard InChI is InChI=1S/C11H22N2O2/c1-5-8(3)9(4)12-7-11(15)13-10(14)6-2/h5,9,11-12,15H,6-7H2,1-4H3,(H,13,14)/b8-5+. The minimum absolute atomic E-state index is 0.139. The summed E-state index contributed by atoms with van der Waals surface area (Å²) in [4.78, 5) is 10.9. The van der Waals surface area contributed by atoms with Gasteiger partial charge in [-0.3, -0.25) is 4.79 Å². The first kappa shape index (κ1) is 14.1. The molecule has 0 aromatic heterocycles. The fraction of sp³-hybridized carbons (Fsp3) is 0.727. The van der Waals surface area contributed by atoms with Crippen LogP contribution in [0.4, 0.5) is 0 Å². The fourth-order valence-corrected chi connectivity index (χ4v) is 1.04. The van der Waals surface area contributed by atoms with Gasteiger partial charge in [-0.2, -0.15) is 0 Å². The van der Waals surface area contributed by atoms with Crippen LogP contribution in [0, 0.1) is 0 Å². The van der Waals surface area contributed by atoms with Crippen molar-refractivity contribution in [3.05, 3.63) is 11.6 Å². The lowest BCUT2D eigenvalue weighted by Gasteiger charge is -2.18. The van der Waals surface area contributed by atoms with Crippen molar-refractivity contribution in [1.29, 1.82) is 0 Å². The smallest absolute Gasteiger partial charge is 0.221 e. The molecule has 1 amide bonds. The molecule has 0 aromatic rings. The van der Waals surface area contributed by atoms with Crippen LogP contribution >= 0.6 is 0 Å². The second kappa shape index (κ2) is 7.43. The molecular formula is C11H22N2O2. The molecule has 0 fully saturated rings. The van der Waals surface area contributed by atoms with E-state index >= 15 is 0 Å². The van der Waals surface area contributed by atoms with Crippen molar-refractivity contribution in [1.82, 2.24) is 10.6 Å². The highest BCUT2D eigenvalue weighted by Gasteiger charge is 2.09. The quantitative estimate of drug-likeness (QED) is 0.452. The van der Waals surface area contributed by atoms with Gasteiger partial charge in [-0.15, -0.1) is 0 Å². The Morgan fingerprint density at radius 1 is 1.53 bits per heavy atom. The Hall–Kier alpha value is -0.870. The van der Waals surface area contributed by atoms with Gasteiger partial charge in [-0.05, 0) is 20.8 Å². The van der Waals surface area contributed by atoms with Crippen LogP contribution in [0.25, 0.3) is 0 Å². The molecule has 88 valence electrons. The van der Waals surface area contributed by atoms with Crippen molar-refractivity contribution in [2.75, 3.05) is 6.54 Å². The van der Waals surface area contributed by atoms with Gasteiger partial charge in [0.25, 0.3) is 0 Å². The zero-order valence-corrected chi connectivity index (χ0v) is 10.0. The zero-order chi connectivity index (χ0) is 11.8. The van der Waals surface area contributed by atoms with Gasteiger partial charge >= 0.3 is 0 Å². The zero-order valence-electron chi connectivity index (χ0n) is 10.0. The van der Waals surface area contributed by atoms with Crippen LogP contribution in [0.1, 0.15) is 34.1 Å². The van der Waals surface area contributed by atoms with Crippen LogP contribution < -0.4 is 10.6 Å². The minimum Gasteiger partial charge on any atom is -0.372 e. The predicted molar refractivity (Wildman–Crippen MR) is 61.3 cm³/mol. The number of aliphatic hydroxyl groups excluding tert-OH is 1. The monoisotopic (exact) mass is 214 g/mol. The van der Waals surface area contributed by atoms with Gasteiger partial charge in [0.05, 0.1) is 0 Å². The number of hydrogen-bond donors (Lipinski definition) is 3. The summed E-state index contributed by atoms with van der Waals surface area (Å²) in [5.74, 6) is -0.139. The van der Waals surface area contributed by atoms with Crippen molar-refractivity contribution < 1.29 is 9.90 Å². The Balaban J connectivity index is 3.80. The van der Waals surface area contributed by atoms with E-state index in [9.17, 15) is 9.90 Å². The van der Waals surface area contributed by atoms with Crippen LogP contribution in [-0.2, 0) is 4.79 Å². The van der Waals surface area contributed by atoms with E-state index in [-0.39, 0.29) is 11.9 Å². The molecule has 0 bridgehead atoms. The van der Waals surface area contributed by atoms with Gasteiger partial charge in [0.15, 0.2) is 0 Å². The minimum atomic E-state index is -0.815. The molecule has 0 aliphatic heterocycles. The predicted octanol–water partition coefficient (Wildman–Crippen LogP) is 0.775. The molecule has 0 aliphatic carbocycles. The molecule has 2 atom stereocenters. The van der Waals surface area contributed by atoms with Gasteiger partial charge < -0.3 is 15.7 Å². The van der Waals surface area contributed by atoms with E-state index in [4.69, 9.17) is 0 Å². The number of carbonyl (C=O) groups is 1. The van der Waals surface area contributed by atoms with Gasteiger partial charge in [0, 0.05) is 19.0 Å². The SMILES string of the molecule is C/C=C(\C)C(C)NCC(O)NC(=O)CC. The van der Waals surface area contributed by atoms with Gasteiger partial charge in [0.1, 0.15) is 6.23 Å². The number of rotatable bonds is 6. The summed E-state index contributed by atoms with van der Waals surface area (Å²) >= 11 is 0. The Labute approximate surface area is 91.8 Å². The maximum absolute atomic E-state index is 10.9. The van der Waals surface area contributed by atoms with Crippen LogP contribution in [0.2, 0.25) is 0 Å². The topological polar surface area (TPSA) is 61.4 Å². The first-order valence-electron chi connectivity index (χ1n) is 5.34. The molecule has 4 nitrogen and oxygen atoms in total. The average molecular weight is 214 g/mol. The maximum Gasteiger partial charge on any atom is 0.221 e. The molecule has 0 aliphatic rings. The number of allylic oxidation sites excluding steroid dienone is 1. The number of carbonyl (C=O) groups excluding carboxylic acids is 1. The van der Waals surface area contributed by atoms with Crippen molar-refractivity contribution >= 4 is 5.91 Å². The second-order valence-corrected chi connectivity index (χ2v) is 3.60. The molecule has 0 aromatic carbocycles. The highest BCUT2D eigenvalue weighted by Crippen LogP contribution is 1.99. The largest absolute Gasteiger partial charge is 0.372 e. The Kier molecular flexibility index (Phi) is 6.99. The lowest BCUT2D eigenvalue weighted by atomic mass is 10.1. The summed E-state index contributed by atoms with van der Waals surface area (Å²) in [7, 11) is 0. The lowest BCUT2D eigenvalue weighted by Crippen LogP contribution is -2.44. The molecule has 0 saturated heterocycles. The number of hydrogen-bond acceptors (Lipinski definition) is 3. The van der Waals surface area contributed by atoms with E-state index in [1.165, 1.54) is 5.57 Å². The van der Waals surface area contributed by atoms with Gasteiger partial charge in [-0.1, -0.05) is 18.6 Å². The summed E-state index contributed by atoms with van der Waals surface area (Å²) in [6.45, 7) is 8.13. The van der Waals surface area contributed by atoms with E-state index in [1.807, 2.05) is 26.8 Å². The molecule has 0 rings (SSSR count). The van der Waals surface area contributed by atoms with E-state index in [1.54, 1.807) is 6.92 Å². The van der Waals surface area contributed by atoms with Crippen molar-refractivity contribution in [2.45, 2.75) is 46.4 Å². The summed E-state index contributed by atoms with van der Waals surface area (Å²) in [6, 6.07) is 0.211. The Morgan fingerprint density at radius 3 is 2.60 bits per heavy atom. The van der Waals surface area contributed by atoms with Crippen molar-refractivity contribution in [3.63, 3.8) is 0 Å². The summed E-state index contributed by atoms with van der Waals surface area (Å²) in [6.07, 6.45) is 1.60. The molecular weight excluding hydrogens is 192 g/mol. The molecule has 0 spiro atoms. The lowest BCUT2D eigenvalue weighted by molar-refractivity contribution is -0.123. The molecule has 15 heavy (non-hydrogen) atoms. The van der Waals surface area contributed by atoms with E-state index in [2.05, 4.69) is 10.6 Å². The summed E-state index contributed by atoms with van der Waals surface area (Å²) < 4.78 is 0. The molecule has 0 heterocycles. The Bertz CT molecular complexity index is 227. The van der Waals surface area contributed by atoms with Crippen molar-refractivity contribution in [2.24, 2.45) is 0 Å². The van der Waals surface area contributed by atoms with Crippen molar-refractivity contribution in [3.8, 4) is 0 Å². The third-order valence-corrected chi connectivity index (χ3v) is 2.40. The number of amides is 1. The third kappa shape index (κ3) is 6.25. The average Bonchev–Trinajstić information content (AvgIpc) is 2.24. The fourth-order valence-electron chi connectivity index (χ4n) is 1.04. The van der Waals surface area contributed by atoms with Gasteiger partial charge in [0.2, 0.25) is 5.91 Å². The van der Waals surface area contributed by atoms with Crippen LogP contribution in [0.15, 0.2) is 11.6 Å². The molecule has 0 radical (unpaired) electrons. The highest BCUT2D eigenvalue weighted by molar-refractivity contribution is 5.75. The van der Waals surface area contributed by atoms with Crippen LogP contribution in [-0.4, -0.2) is 29.8 Å². The summed E-state index contributed by atoms with van der Waals surface area (Å²) in [5, 5.41) is 15.0. The second-order valence-electron chi connectivity index (χ2n) is 3.60. The van der Waals surface area contributed by atoms with Crippen LogP contribution in [0.3, 0.4) is 0 Å². The van der Waals surface area contributed by atoms with E-state index in [0.29, 0.717) is 13.0 Å². The first-order chi connectivity index (χ1) is 7.01. The summed E-state index contributed by atoms with van der Waals surface area (Å²) in [5.41, 5.74) is 1.21. The molecule has 3 N–H and O–H groups in total. The normalized spacial score (nSPS) is 15.9. The van der Waals surface area contributed by atoms with Gasteiger partial charge in [-0.25, -0.2) is 0 Å². The number of nitrogens with one attached hydrogen (secondary N) is 2. The molecule has 2 unspecified atom stereocenters. The highest BCUT2D eigenvalue weighted by atomic mass is 16.3. The molecule has 4 heteroatoms. The van der Waals surface area contributed by atoms with E-state index < -0.39 is 6.23 Å². The first-order valence-corrected chi connectivity index (χ1v) is 5.34. The van der Waals surface area contributed by atoms with E-state index in [0.717, 1.165) is 0 Å². The molecule has 0 saturated carbocycles. The Morgan fingerprint density at radius 2 is 2.13 bits per heavy atom. The third-order valence-electron chi connectivity index (χ3n) is 2.40. The number of aliphatic hydroxyl groups is 1.